The van der Waals surface area contributed by atoms with Gasteiger partial charge in [0.25, 0.3) is 11.5 Å². The molecule has 0 fully saturated rings. The molecule has 0 atom stereocenters. The molecule has 0 aliphatic carbocycles. The highest BCUT2D eigenvalue weighted by Crippen LogP contribution is 2.19. The minimum Gasteiger partial charge on any atom is -0.322 e. The van der Waals surface area contributed by atoms with Crippen molar-refractivity contribution >= 4 is 22.5 Å². The second-order valence-electron chi connectivity index (χ2n) is 7.30. The normalized spacial score (nSPS) is 13.9. The van der Waals surface area contributed by atoms with Crippen molar-refractivity contribution in [2.45, 2.75) is 46.1 Å². The Kier molecular flexibility index (Phi) is 4.52. The number of anilines is 1. The molecule has 0 bridgehead atoms. The molecule has 3 aromatic rings. The number of aryl methyl sites for hydroxylation is 3. The summed E-state index contributed by atoms with van der Waals surface area (Å²) in [5.41, 5.74) is 4.07. The molecule has 2 aromatic carbocycles. The molecule has 27 heavy (non-hydrogen) atoms. The lowest BCUT2D eigenvalue weighted by molar-refractivity contribution is 0.102. The maximum atomic E-state index is 12.8. The summed E-state index contributed by atoms with van der Waals surface area (Å²) in [6.45, 7) is 4.72. The van der Waals surface area contributed by atoms with Gasteiger partial charge in [-0.3, -0.25) is 14.2 Å². The van der Waals surface area contributed by atoms with Crippen molar-refractivity contribution in [3.63, 3.8) is 0 Å². The smallest absolute Gasteiger partial charge is 0.261 e. The minimum absolute atomic E-state index is 0.00163. The van der Waals surface area contributed by atoms with Gasteiger partial charge in [0.1, 0.15) is 5.82 Å². The number of amides is 1. The van der Waals surface area contributed by atoms with Gasteiger partial charge in [0.15, 0.2) is 0 Å². The number of nitrogens with one attached hydrogen (secondary N) is 1. The first-order valence-corrected chi connectivity index (χ1v) is 9.45. The molecule has 1 N–H and O–H groups in total. The zero-order valence-corrected chi connectivity index (χ0v) is 15.7. The number of fused-ring (bicyclic) bond motifs is 2. The van der Waals surface area contributed by atoms with Crippen LogP contribution >= 0.6 is 0 Å². The van der Waals surface area contributed by atoms with Crippen LogP contribution in [0.3, 0.4) is 0 Å². The van der Waals surface area contributed by atoms with Crippen LogP contribution in [0.1, 0.15) is 46.6 Å². The molecule has 0 unspecified atom stereocenters. The van der Waals surface area contributed by atoms with Crippen LogP contribution in [0.5, 0.6) is 0 Å². The van der Waals surface area contributed by atoms with Crippen LogP contribution < -0.4 is 10.9 Å². The number of carbonyl (C=O) groups excluding carboxylic acids is 1. The van der Waals surface area contributed by atoms with Crippen molar-refractivity contribution in [2.75, 3.05) is 5.32 Å². The molecule has 5 heteroatoms. The van der Waals surface area contributed by atoms with E-state index in [1.165, 1.54) is 0 Å². The fraction of sp³-hybridized carbons (Fsp3) is 0.318. The molecule has 1 aliphatic heterocycles. The molecular formula is C22H23N3O2. The summed E-state index contributed by atoms with van der Waals surface area (Å²) in [6.07, 6.45) is 3.98. The largest absolute Gasteiger partial charge is 0.322 e. The lowest BCUT2D eigenvalue weighted by atomic mass is 10.1. The van der Waals surface area contributed by atoms with Crippen molar-refractivity contribution in [1.29, 1.82) is 0 Å². The fourth-order valence-corrected chi connectivity index (χ4v) is 3.71. The van der Waals surface area contributed by atoms with E-state index in [4.69, 9.17) is 4.98 Å². The van der Waals surface area contributed by atoms with Gasteiger partial charge in [-0.1, -0.05) is 24.1 Å². The predicted molar refractivity (Wildman–Crippen MR) is 107 cm³/mol. The molecule has 0 saturated heterocycles. The first kappa shape index (κ1) is 17.5. The van der Waals surface area contributed by atoms with Gasteiger partial charge in [-0.15, -0.1) is 0 Å². The number of aromatic nitrogens is 2. The summed E-state index contributed by atoms with van der Waals surface area (Å²) in [4.78, 5) is 30.2. The summed E-state index contributed by atoms with van der Waals surface area (Å²) in [5.74, 6) is 0.637. The summed E-state index contributed by atoms with van der Waals surface area (Å²) in [5, 5.41) is 3.53. The number of hydrogen-bond acceptors (Lipinski definition) is 3. The highest BCUT2D eigenvalue weighted by Gasteiger charge is 2.15. The van der Waals surface area contributed by atoms with Gasteiger partial charge in [0.2, 0.25) is 0 Å². The topological polar surface area (TPSA) is 64.0 Å². The Morgan fingerprint density at radius 2 is 1.93 bits per heavy atom. The molecule has 1 amide bonds. The van der Waals surface area contributed by atoms with Crippen LogP contribution in [0.25, 0.3) is 10.9 Å². The second kappa shape index (κ2) is 6.99. The number of hydrogen-bond donors (Lipinski definition) is 1. The lowest BCUT2D eigenvalue weighted by Crippen LogP contribution is -2.24. The van der Waals surface area contributed by atoms with Gasteiger partial charge >= 0.3 is 0 Å². The Labute approximate surface area is 158 Å². The Bertz CT molecular complexity index is 1100. The minimum atomic E-state index is -0.194. The van der Waals surface area contributed by atoms with Crippen LogP contribution in [-0.4, -0.2) is 15.5 Å². The average Bonchev–Trinajstić information content (AvgIpc) is 2.89. The number of nitrogens with zero attached hydrogens (tertiary/aromatic N) is 2. The third-order valence-electron chi connectivity index (χ3n) is 5.21. The van der Waals surface area contributed by atoms with E-state index < -0.39 is 0 Å². The lowest BCUT2D eigenvalue weighted by Gasteiger charge is -2.12. The standard InChI is InChI=1S/C22H23N3O2/c1-14-7-10-18(15(2)12-14)24-21(26)16-8-9-17-19(13-16)23-20-6-4-3-5-11-25(20)22(17)27/h7-10,12-13H,3-6,11H2,1-2H3,(H,24,26). The van der Waals surface area contributed by atoms with E-state index in [1.54, 1.807) is 22.8 Å². The Morgan fingerprint density at radius 3 is 2.74 bits per heavy atom. The predicted octanol–water partition coefficient (Wildman–Crippen LogP) is 3.99. The van der Waals surface area contributed by atoms with E-state index in [9.17, 15) is 9.59 Å². The van der Waals surface area contributed by atoms with Gasteiger partial charge in [0.05, 0.1) is 10.9 Å². The van der Waals surface area contributed by atoms with Crippen molar-refractivity contribution in [1.82, 2.24) is 9.55 Å². The quantitative estimate of drug-likeness (QED) is 0.750. The molecular weight excluding hydrogens is 338 g/mol. The monoisotopic (exact) mass is 361 g/mol. The summed E-state index contributed by atoms with van der Waals surface area (Å²) < 4.78 is 1.80. The summed E-state index contributed by atoms with van der Waals surface area (Å²) in [7, 11) is 0. The molecule has 1 aromatic heterocycles. The van der Waals surface area contributed by atoms with Crippen LogP contribution in [0.15, 0.2) is 41.2 Å². The molecule has 138 valence electrons. The molecule has 1 aliphatic rings. The summed E-state index contributed by atoms with van der Waals surface area (Å²) in [6, 6.07) is 11.1. The number of benzene rings is 2. The molecule has 0 spiro atoms. The SMILES string of the molecule is Cc1ccc(NC(=O)c2ccc3c(=O)n4c(nc3c2)CCCCC4)c(C)c1. The van der Waals surface area contributed by atoms with Gasteiger partial charge < -0.3 is 5.32 Å². The van der Waals surface area contributed by atoms with Crippen LogP contribution in [0.2, 0.25) is 0 Å². The third-order valence-corrected chi connectivity index (χ3v) is 5.21. The molecule has 0 saturated carbocycles. The van der Waals surface area contributed by atoms with Gasteiger partial charge in [-0.2, -0.15) is 0 Å². The maximum absolute atomic E-state index is 12.8. The maximum Gasteiger partial charge on any atom is 0.261 e. The highest BCUT2D eigenvalue weighted by molar-refractivity contribution is 6.06. The molecule has 4 rings (SSSR count). The highest BCUT2D eigenvalue weighted by atomic mass is 16.1. The van der Waals surface area contributed by atoms with Gasteiger partial charge in [-0.25, -0.2) is 4.98 Å². The van der Waals surface area contributed by atoms with Gasteiger partial charge in [0, 0.05) is 24.2 Å². The van der Waals surface area contributed by atoms with E-state index in [-0.39, 0.29) is 11.5 Å². The summed E-state index contributed by atoms with van der Waals surface area (Å²) >= 11 is 0. The van der Waals surface area contributed by atoms with Crippen molar-refractivity contribution < 1.29 is 4.79 Å². The number of rotatable bonds is 2. The Morgan fingerprint density at radius 1 is 1.07 bits per heavy atom. The third kappa shape index (κ3) is 3.37. The van der Waals surface area contributed by atoms with E-state index in [2.05, 4.69) is 5.32 Å². The Balaban J connectivity index is 1.70. The van der Waals surface area contributed by atoms with Crippen molar-refractivity contribution in [2.24, 2.45) is 0 Å². The second-order valence-corrected chi connectivity index (χ2v) is 7.30. The van der Waals surface area contributed by atoms with Crippen molar-refractivity contribution in [3.05, 3.63) is 69.3 Å². The Hall–Kier alpha value is -2.95. The molecule has 0 radical (unpaired) electrons. The van der Waals surface area contributed by atoms with Crippen LogP contribution in [0.4, 0.5) is 5.69 Å². The van der Waals surface area contributed by atoms with E-state index >= 15 is 0 Å². The van der Waals surface area contributed by atoms with E-state index in [0.29, 0.717) is 16.5 Å². The zero-order valence-electron chi connectivity index (χ0n) is 15.7. The average molecular weight is 361 g/mol. The van der Waals surface area contributed by atoms with E-state index in [1.807, 2.05) is 32.0 Å². The van der Waals surface area contributed by atoms with E-state index in [0.717, 1.165) is 54.9 Å². The zero-order chi connectivity index (χ0) is 19.0. The van der Waals surface area contributed by atoms with Gasteiger partial charge in [-0.05, 0) is 56.5 Å². The first-order valence-electron chi connectivity index (χ1n) is 9.45. The molecule has 5 nitrogen and oxygen atoms in total. The molecule has 2 heterocycles. The van der Waals surface area contributed by atoms with Crippen LogP contribution in [0, 0.1) is 13.8 Å². The fourth-order valence-electron chi connectivity index (χ4n) is 3.71. The van der Waals surface area contributed by atoms with Crippen molar-refractivity contribution in [3.8, 4) is 0 Å². The first-order chi connectivity index (χ1) is 13.0. The number of carbonyl (C=O) groups is 1. The van der Waals surface area contributed by atoms with Crippen LogP contribution in [-0.2, 0) is 13.0 Å².